The molecule has 3 aliphatic rings. The van der Waals surface area contributed by atoms with Gasteiger partial charge in [-0.25, -0.2) is 4.79 Å². The van der Waals surface area contributed by atoms with Crippen LogP contribution in [-0.2, 0) is 28.6 Å². The number of carbonyl (C=O) groups excluding carboxylic acids is 3. The third-order valence-corrected chi connectivity index (χ3v) is 10.5. The van der Waals surface area contributed by atoms with E-state index in [4.69, 9.17) is 23.4 Å². The van der Waals surface area contributed by atoms with E-state index in [2.05, 4.69) is 4.98 Å². The van der Waals surface area contributed by atoms with Crippen LogP contribution in [-0.4, -0.2) is 52.4 Å². The normalized spacial score (nSPS) is 33.4. The zero-order valence-electron chi connectivity index (χ0n) is 26.8. The quantitative estimate of drug-likeness (QED) is 0.314. The van der Waals surface area contributed by atoms with Gasteiger partial charge < -0.3 is 28.5 Å². The van der Waals surface area contributed by atoms with Crippen LogP contribution in [0.15, 0.2) is 39.8 Å². The zero-order valence-corrected chi connectivity index (χ0v) is 26.8. The molecule has 1 N–H and O–H groups in total. The van der Waals surface area contributed by atoms with E-state index in [1.807, 2.05) is 20.8 Å². The molecule has 0 radical (unpaired) electrons. The van der Waals surface area contributed by atoms with Gasteiger partial charge in [-0.15, -0.1) is 0 Å². The van der Waals surface area contributed by atoms with Crippen molar-refractivity contribution in [3.63, 3.8) is 0 Å². The standard InChI is InChI=1S/C34H43NO10/c1-7-25(36)41-18-33(5)22-16-24(44-27(38)9-3)34(6)30(32(22,4)13-12-23(33)43-26(37)8-2)29(39)28-21(45-34)15-20(42-31(28)40)19-11-10-14-35-17-19/h10-11,14-15,17,22-24,29-30,39H,7-9,12-13,16,18H2,1-6H3. The highest BCUT2D eigenvalue weighted by atomic mass is 16.6. The summed E-state index contributed by atoms with van der Waals surface area (Å²) < 4.78 is 30.2. The molecule has 11 heteroatoms. The van der Waals surface area contributed by atoms with Crippen LogP contribution in [0, 0.1) is 22.7 Å². The molecular formula is C34H43NO10. The van der Waals surface area contributed by atoms with Crippen molar-refractivity contribution in [2.24, 2.45) is 22.7 Å². The number of fused-ring (bicyclic) bond motifs is 4. The number of esters is 3. The summed E-state index contributed by atoms with van der Waals surface area (Å²) in [7, 11) is 0. The Morgan fingerprint density at radius 3 is 2.31 bits per heavy atom. The Hall–Kier alpha value is -3.73. The Morgan fingerprint density at radius 1 is 1.02 bits per heavy atom. The van der Waals surface area contributed by atoms with Crippen LogP contribution in [0.25, 0.3) is 11.3 Å². The highest BCUT2D eigenvalue weighted by Crippen LogP contribution is 2.67. The van der Waals surface area contributed by atoms with Gasteiger partial charge >= 0.3 is 23.5 Å². The molecule has 0 spiro atoms. The van der Waals surface area contributed by atoms with Crippen molar-refractivity contribution in [2.75, 3.05) is 6.61 Å². The van der Waals surface area contributed by atoms with Crippen molar-refractivity contribution in [2.45, 2.75) is 104 Å². The lowest BCUT2D eigenvalue weighted by molar-refractivity contribution is -0.271. The monoisotopic (exact) mass is 625 g/mol. The van der Waals surface area contributed by atoms with E-state index < -0.39 is 58.2 Å². The summed E-state index contributed by atoms with van der Waals surface area (Å²) in [6.45, 7) is 10.8. The summed E-state index contributed by atoms with van der Waals surface area (Å²) in [6, 6.07) is 5.03. The summed E-state index contributed by atoms with van der Waals surface area (Å²) in [5.41, 5.74) is -3.08. The second-order valence-electron chi connectivity index (χ2n) is 13.1. The first-order valence-electron chi connectivity index (χ1n) is 15.8. The fourth-order valence-electron chi connectivity index (χ4n) is 8.20. The Labute approximate surface area is 262 Å². The number of aliphatic hydroxyl groups is 1. The van der Waals surface area contributed by atoms with Crippen molar-refractivity contribution in [3.05, 3.63) is 46.6 Å². The molecule has 8 unspecified atom stereocenters. The van der Waals surface area contributed by atoms with E-state index in [9.17, 15) is 24.3 Å². The van der Waals surface area contributed by atoms with Crippen LogP contribution < -0.4 is 10.4 Å². The van der Waals surface area contributed by atoms with E-state index in [1.165, 1.54) is 0 Å². The molecule has 5 rings (SSSR count). The van der Waals surface area contributed by atoms with Crippen molar-refractivity contribution in [1.82, 2.24) is 4.98 Å². The zero-order chi connectivity index (χ0) is 32.7. The predicted molar refractivity (Wildman–Crippen MR) is 161 cm³/mol. The van der Waals surface area contributed by atoms with Crippen LogP contribution in [0.1, 0.15) is 91.7 Å². The number of carbonyl (C=O) groups is 3. The Bertz CT molecular complexity index is 1510. The van der Waals surface area contributed by atoms with Crippen LogP contribution in [0.4, 0.5) is 0 Å². The van der Waals surface area contributed by atoms with Gasteiger partial charge in [0, 0.05) is 54.6 Å². The maximum atomic E-state index is 13.5. The van der Waals surface area contributed by atoms with Gasteiger partial charge in [-0.2, -0.15) is 0 Å². The molecule has 11 nitrogen and oxygen atoms in total. The van der Waals surface area contributed by atoms with Gasteiger partial charge in [0.25, 0.3) is 0 Å². The third kappa shape index (κ3) is 5.53. The lowest BCUT2D eigenvalue weighted by atomic mass is 9.42. The third-order valence-electron chi connectivity index (χ3n) is 10.5. The van der Waals surface area contributed by atoms with Gasteiger partial charge in [-0.3, -0.25) is 19.4 Å². The SMILES string of the molecule is CCC(=O)OCC1(C)C(OC(=O)CC)CCC2(C)C1CC(OC(=O)CC)C1(C)Oc3cc(-c4cccnc4)oc(=O)c3C(O)C21. The summed E-state index contributed by atoms with van der Waals surface area (Å²) in [6.07, 6.45) is 2.06. The second kappa shape index (κ2) is 12.2. The fraction of sp³-hybridized carbons (Fsp3) is 0.618. The van der Waals surface area contributed by atoms with Crippen LogP contribution in [0.2, 0.25) is 0 Å². The average Bonchev–Trinajstić information content (AvgIpc) is 3.02. The number of pyridine rings is 1. The van der Waals surface area contributed by atoms with Crippen LogP contribution in [0.5, 0.6) is 5.75 Å². The van der Waals surface area contributed by atoms with E-state index >= 15 is 0 Å². The first-order chi connectivity index (χ1) is 21.3. The topological polar surface area (TPSA) is 151 Å². The summed E-state index contributed by atoms with van der Waals surface area (Å²) in [5.74, 6) is -1.96. The first-order valence-corrected chi connectivity index (χ1v) is 15.8. The molecule has 0 aromatic carbocycles. The summed E-state index contributed by atoms with van der Waals surface area (Å²) in [4.78, 5) is 55.5. The maximum Gasteiger partial charge on any atom is 0.345 e. The van der Waals surface area contributed by atoms with Crippen molar-refractivity contribution in [3.8, 4) is 17.1 Å². The summed E-state index contributed by atoms with van der Waals surface area (Å²) >= 11 is 0. The summed E-state index contributed by atoms with van der Waals surface area (Å²) in [5, 5.41) is 12.2. The molecule has 2 fully saturated rings. The number of rotatable bonds is 8. The van der Waals surface area contributed by atoms with Crippen LogP contribution >= 0.6 is 0 Å². The fourth-order valence-corrected chi connectivity index (χ4v) is 8.20. The molecule has 244 valence electrons. The predicted octanol–water partition coefficient (Wildman–Crippen LogP) is 4.93. The molecule has 0 saturated heterocycles. The molecule has 2 aliphatic carbocycles. The number of ether oxygens (including phenoxy) is 4. The minimum Gasteiger partial charge on any atom is -0.482 e. The molecule has 3 heterocycles. The van der Waals surface area contributed by atoms with E-state index in [1.54, 1.807) is 51.4 Å². The van der Waals surface area contributed by atoms with Gasteiger partial charge in [0.1, 0.15) is 41.5 Å². The van der Waals surface area contributed by atoms with E-state index in [0.717, 1.165) is 0 Å². The van der Waals surface area contributed by atoms with Crippen molar-refractivity contribution < 1.29 is 42.9 Å². The molecule has 0 amide bonds. The Morgan fingerprint density at radius 2 is 1.69 bits per heavy atom. The van der Waals surface area contributed by atoms with Crippen molar-refractivity contribution in [1.29, 1.82) is 0 Å². The van der Waals surface area contributed by atoms with Gasteiger partial charge in [0.15, 0.2) is 0 Å². The highest BCUT2D eigenvalue weighted by Gasteiger charge is 2.71. The lowest BCUT2D eigenvalue weighted by Crippen LogP contribution is -2.71. The minimum atomic E-state index is -1.34. The molecule has 1 aliphatic heterocycles. The van der Waals surface area contributed by atoms with Crippen LogP contribution in [0.3, 0.4) is 0 Å². The first kappa shape index (κ1) is 32.7. The van der Waals surface area contributed by atoms with Gasteiger partial charge in [0.2, 0.25) is 0 Å². The van der Waals surface area contributed by atoms with Gasteiger partial charge in [-0.1, -0.05) is 34.6 Å². The minimum absolute atomic E-state index is 0.00814. The van der Waals surface area contributed by atoms with Crippen molar-refractivity contribution >= 4 is 17.9 Å². The van der Waals surface area contributed by atoms with E-state index in [-0.39, 0.29) is 61.3 Å². The molecule has 2 aromatic rings. The lowest BCUT2D eigenvalue weighted by Gasteiger charge is -2.66. The molecule has 2 saturated carbocycles. The van der Waals surface area contributed by atoms with Gasteiger partial charge in [-0.05, 0) is 49.7 Å². The maximum absolute atomic E-state index is 13.5. The Kier molecular flexibility index (Phi) is 8.87. The molecule has 2 aromatic heterocycles. The number of nitrogens with zero attached hydrogens (tertiary/aromatic N) is 1. The number of hydrogen-bond acceptors (Lipinski definition) is 11. The molecule has 0 bridgehead atoms. The van der Waals surface area contributed by atoms with Gasteiger partial charge in [0.05, 0.1) is 6.10 Å². The second-order valence-corrected chi connectivity index (χ2v) is 13.1. The smallest absolute Gasteiger partial charge is 0.345 e. The average molecular weight is 626 g/mol. The molecular weight excluding hydrogens is 582 g/mol. The molecule has 8 atom stereocenters. The Balaban J connectivity index is 1.65. The largest absolute Gasteiger partial charge is 0.482 e. The number of aliphatic hydroxyl groups excluding tert-OH is 1. The number of hydrogen-bond donors (Lipinski definition) is 1. The van der Waals surface area contributed by atoms with E-state index in [0.29, 0.717) is 18.4 Å². The number of aromatic nitrogens is 1. The molecule has 45 heavy (non-hydrogen) atoms. The highest BCUT2D eigenvalue weighted by molar-refractivity contribution is 5.70.